The lowest BCUT2D eigenvalue weighted by Gasteiger charge is -2.12. The van der Waals surface area contributed by atoms with Crippen LogP contribution in [0.15, 0.2) is 42.5 Å². The summed E-state index contributed by atoms with van der Waals surface area (Å²) in [6, 6.07) is 12.7. The largest absolute Gasteiger partial charge is 0.504 e. The van der Waals surface area contributed by atoms with Gasteiger partial charge in [0.25, 0.3) is 0 Å². The molecule has 23 heavy (non-hydrogen) atoms. The van der Waals surface area contributed by atoms with E-state index in [2.05, 4.69) is 5.32 Å². The van der Waals surface area contributed by atoms with E-state index < -0.39 is 0 Å². The fraction of sp³-hybridized carbons (Fsp3) is 0.278. The Kier molecular flexibility index (Phi) is 5.60. The molecule has 0 heterocycles. The zero-order chi connectivity index (χ0) is 16.8. The maximum absolute atomic E-state index is 12.1. The molecule has 0 aliphatic heterocycles. The van der Waals surface area contributed by atoms with Crippen LogP contribution < -0.4 is 10.1 Å². The van der Waals surface area contributed by atoms with Gasteiger partial charge in [-0.3, -0.25) is 4.79 Å². The smallest absolute Gasteiger partial charge is 0.176 e. The quantitative estimate of drug-likeness (QED) is 0.770. The number of phenolic OH excluding ortho intramolecular Hbond substituents is 1. The number of hydrogen-bond acceptors (Lipinski definition) is 5. The molecule has 0 saturated carbocycles. The molecule has 0 saturated heterocycles. The van der Waals surface area contributed by atoms with Crippen molar-refractivity contribution in [3.8, 4) is 11.5 Å². The Balaban J connectivity index is 2.08. The van der Waals surface area contributed by atoms with Crippen LogP contribution in [0.2, 0.25) is 0 Å². The van der Waals surface area contributed by atoms with Gasteiger partial charge >= 0.3 is 0 Å². The van der Waals surface area contributed by atoms with Crippen LogP contribution in [0.25, 0.3) is 0 Å². The van der Waals surface area contributed by atoms with Crippen LogP contribution in [0.5, 0.6) is 11.5 Å². The summed E-state index contributed by atoms with van der Waals surface area (Å²) >= 11 is 0. The molecule has 0 radical (unpaired) electrons. The van der Waals surface area contributed by atoms with Crippen LogP contribution in [0.1, 0.15) is 15.9 Å². The lowest BCUT2D eigenvalue weighted by Crippen LogP contribution is -2.21. The predicted octanol–water partition coefficient (Wildman–Crippen LogP) is 2.76. The van der Waals surface area contributed by atoms with Crippen molar-refractivity contribution in [1.82, 2.24) is 4.90 Å². The molecular formula is C18H22N2O3. The number of phenols is 1. The third-order valence-corrected chi connectivity index (χ3v) is 3.43. The van der Waals surface area contributed by atoms with Crippen LogP contribution in [0, 0.1) is 0 Å². The average Bonchev–Trinajstić information content (AvgIpc) is 2.53. The fourth-order valence-corrected chi connectivity index (χ4v) is 2.25. The number of ether oxygens (including phenoxy) is 1. The molecule has 0 aromatic heterocycles. The van der Waals surface area contributed by atoms with E-state index in [-0.39, 0.29) is 11.5 Å². The number of anilines is 1. The van der Waals surface area contributed by atoms with Gasteiger partial charge in [0, 0.05) is 23.4 Å². The third kappa shape index (κ3) is 4.47. The van der Waals surface area contributed by atoms with Crippen LogP contribution in [0.4, 0.5) is 5.69 Å². The summed E-state index contributed by atoms with van der Waals surface area (Å²) in [5.41, 5.74) is 2.23. The maximum Gasteiger partial charge on any atom is 0.176 e. The normalized spacial score (nSPS) is 10.6. The van der Waals surface area contributed by atoms with Gasteiger partial charge in [-0.2, -0.15) is 0 Å². The first-order valence-corrected chi connectivity index (χ1v) is 7.38. The van der Waals surface area contributed by atoms with E-state index in [4.69, 9.17) is 4.74 Å². The number of nitrogens with one attached hydrogen (secondary N) is 1. The molecule has 0 aliphatic carbocycles. The SMILES string of the molecule is COc1cccc(CNc2cccc(C(=O)CN(C)C)c2)c1O. The molecule has 122 valence electrons. The van der Waals surface area contributed by atoms with E-state index in [1.165, 1.54) is 7.11 Å². The second-order valence-corrected chi connectivity index (χ2v) is 5.56. The first-order valence-electron chi connectivity index (χ1n) is 7.38. The number of likely N-dealkylation sites (N-methyl/N-ethyl adjacent to an activating group) is 1. The third-order valence-electron chi connectivity index (χ3n) is 3.43. The lowest BCUT2D eigenvalue weighted by atomic mass is 10.1. The predicted molar refractivity (Wildman–Crippen MR) is 91.3 cm³/mol. The number of hydrogen-bond donors (Lipinski definition) is 2. The molecule has 0 atom stereocenters. The minimum atomic E-state index is 0.0721. The highest BCUT2D eigenvalue weighted by Crippen LogP contribution is 2.29. The lowest BCUT2D eigenvalue weighted by molar-refractivity contribution is 0.0958. The van der Waals surface area contributed by atoms with Crippen LogP contribution in [-0.2, 0) is 6.54 Å². The number of carbonyl (C=O) groups is 1. The van der Waals surface area contributed by atoms with E-state index in [0.29, 0.717) is 24.4 Å². The summed E-state index contributed by atoms with van der Waals surface area (Å²) in [7, 11) is 5.25. The number of nitrogens with zero attached hydrogens (tertiary/aromatic N) is 1. The Hall–Kier alpha value is -2.53. The number of rotatable bonds is 7. The molecule has 2 aromatic carbocycles. The number of aromatic hydroxyl groups is 1. The Morgan fingerprint density at radius 2 is 1.96 bits per heavy atom. The van der Waals surface area contributed by atoms with Gasteiger partial charge in [-0.25, -0.2) is 0 Å². The zero-order valence-corrected chi connectivity index (χ0v) is 13.7. The van der Waals surface area contributed by atoms with E-state index >= 15 is 0 Å². The summed E-state index contributed by atoms with van der Waals surface area (Å²) in [4.78, 5) is 13.9. The monoisotopic (exact) mass is 314 g/mol. The summed E-state index contributed by atoms with van der Waals surface area (Å²) in [5.74, 6) is 0.643. The number of benzene rings is 2. The second-order valence-electron chi connectivity index (χ2n) is 5.56. The van der Waals surface area contributed by atoms with Crippen molar-refractivity contribution in [2.24, 2.45) is 0 Å². The Labute approximate surface area is 136 Å². The number of Topliss-reactive ketones (excluding diaryl/α,β-unsaturated/α-hetero) is 1. The van der Waals surface area contributed by atoms with Crippen molar-refractivity contribution in [2.75, 3.05) is 33.1 Å². The number of para-hydroxylation sites is 1. The summed E-state index contributed by atoms with van der Waals surface area (Å²) < 4.78 is 5.10. The highest BCUT2D eigenvalue weighted by molar-refractivity contribution is 5.98. The van der Waals surface area contributed by atoms with Crippen molar-refractivity contribution >= 4 is 11.5 Å². The standard InChI is InChI=1S/C18H22N2O3/c1-20(2)12-16(21)13-6-4-8-15(10-13)19-11-14-7-5-9-17(23-3)18(14)22/h4-10,19,22H,11-12H2,1-3H3. The van der Waals surface area contributed by atoms with Crippen molar-refractivity contribution in [1.29, 1.82) is 0 Å². The molecule has 2 aromatic rings. The van der Waals surface area contributed by atoms with E-state index in [1.807, 2.05) is 49.3 Å². The molecule has 0 fully saturated rings. The van der Waals surface area contributed by atoms with E-state index in [0.717, 1.165) is 11.3 Å². The van der Waals surface area contributed by atoms with Crippen LogP contribution in [0.3, 0.4) is 0 Å². The van der Waals surface area contributed by atoms with Crippen molar-refractivity contribution < 1.29 is 14.6 Å². The molecule has 0 amide bonds. The molecule has 2 rings (SSSR count). The summed E-state index contributed by atoms with van der Waals surface area (Å²) in [5, 5.41) is 13.3. The van der Waals surface area contributed by atoms with Crippen LogP contribution in [-0.4, -0.2) is 43.5 Å². The van der Waals surface area contributed by atoms with Gasteiger partial charge in [0.15, 0.2) is 17.3 Å². The van der Waals surface area contributed by atoms with Crippen molar-refractivity contribution in [3.63, 3.8) is 0 Å². The molecule has 2 N–H and O–H groups in total. The fourth-order valence-electron chi connectivity index (χ4n) is 2.25. The van der Waals surface area contributed by atoms with Gasteiger partial charge in [-0.15, -0.1) is 0 Å². The Morgan fingerprint density at radius 3 is 2.65 bits per heavy atom. The number of ketones is 1. The van der Waals surface area contributed by atoms with E-state index in [9.17, 15) is 9.90 Å². The zero-order valence-electron chi connectivity index (χ0n) is 13.7. The Morgan fingerprint density at radius 1 is 1.22 bits per heavy atom. The summed E-state index contributed by atoms with van der Waals surface area (Å²) in [6.45, 7) is 0.814. The highest BCUT2D eigenvalue weighted by Gasteiger charge is 2.09. The molecule has 0 spiro atoms. The first kappa shape index (κ1) is 16.8. The molecule has 5 heteroatoms. The van der Waals surface area contributed by atoms with Crippen LogP contribution >= 0.6 is 0 Å². The first-order chi connectivity index (χ1) is 11.0. The van der Waals surface area contributed by atoms with Gasteiger partial charge in [0.1, 0.15) is 0 Å². The molecule has 0 bridgehead atoms. The average molecular weight is 314 g/mol. The van der Waals surface area contributed by atoms with Gasteiger partial charge in [0.2, 0.25) is 0 Å². The van der Waals surface area contributed by atoms with Crippen molar-refractivity contribution in [3.05, 3.63) is 53.6 Å². The number of methoxy groups -OCH3 is 1. The maximum atomic E-state index is 12.1. The van der Waals surface area contributed by atoms with Gasteiger partial charge < -0.3 is 20.1 Å². The highest BCUT2D eigenvalue weighted by atomic mass is 16.5. The topological polar surface area (TPSA) is 61.8 Å². The molecule has 5 nitrogen and oxygen atoms in total. The minimum Gasteiger partial charge on any atom is -0.504 e. The van der Waals surface area contributed by atoms with Crippen molar-refractivity contribution in [2.45, 2.75) is 6.54 Å². The van der Waals surface area contributed by atoms with E-state index in [1.54, 1.807) is 12.1 Å². The molecule has 0 unspecified atom stereocenters. The molecule has 0 aliphatic rings. The second kappa shape index (κ2) is 7.65. The van der Waals surface area contributed by atoms with Gasteiger partial charge in [-0.05, 0) is 32.3 Å². The summed E-state index contributed by atoms with van der Waals surface area (Å²) in [6.07, 6.45) is 0. The minimum absolute atomic E-state index is 0.0721. The Bertz CT molecular complexity index is 684. The molecular weight excluding hydrogens is 292 g/mol. The van der Waals surface area contributed by atoms with Gasteiger partial charge in [-0.1, -0.05) is 24.3 Å². The van der Waals surface area contributed by atoms with Gasteiger partial charge in [0.05, 0.1) is 13.7 Å². The number of carbonyl (C=O) groups excluding carboxylic acids is 1.